The topological polar surface area (TPSA) is 40.7 Å². The molecule has 0 saturated carbocycles. The highest BCUT2D eigenvalue weighted by molar-refractivity contribution is 5.79. The zero-order valence-corrected chi connectivity index (χ0v) is 11.0. The van der Waals surface area contributed by atoms with E-state index in [0.29, 0.717) is 0 Å². The Morgan fingerprint density at radius 1 is 1.05 bits per heavy atom. The molecule has 19 heavy (non-hydrogen) atoms. The van der Waals surface area contributed by atoms with Gasteiger partial charge in [-0.25, -0.2) is 0 Å². The Hall–Kier alpha value is -2.13. The van der Waals surface area contributed by atoms with Gasteiger partial charge < -0.3 is 10.3 Å². The van der Waals surface area contributed by atoms with Crippen LogP contribution in [0.1, 0.15) is 16.8 Å². The number of aryl methyl sites for hydroxylation is 1. The highest BCUT2D eigenvalue weighted by Crippen LogP contribution is 2.14. The molecule has 2 aromatic heterocycles. The molecule has 0 aliphatic carbocycles. The van der Waals surface area contributed by atoms with Gasteiger partial charge in [-0.2, -0.15) is 0 Å². The third-order valence-corrected chi connectivity index (χ3v) is 3.25. The summed E-state index contributed by atoms with van der Waals surface area (Å²) in [5.74, 6) is 0. The van der Waals surface area contributed by atoms with Crippen LogP contribution >= 0.6 is 0 Å². The zero-order valence-electron chi connectivity index (χ0n) is 11.0. The summed E-state index contributed by atoms with van der Waals surface area (Å²) in [4.78, 5) is 7.50. The van der Waals surface area contributed by atoms with E-state index in [1.54, 1.807) is 0 Å². The molecule has 0 radical (unpaired) electrons. The van der Waals surface area contributed by atoms with Crippen molar-refractivity contribution in [3.05, 3.63) is 65.6 Å². The van der Waals surface area contributed by atoms with Gasteiger partial charge in [0.05, 0.1) is 0 Å². The van der Waals surface area contributed by atoms with E-state index in [9.17, 15) is 0 Å². The molecule has 0 amide bonds. The molecule has 96 valence electrons. The van der Waals surface area contributed by atoms with E-state index < -0.39 is 0 Å². The fourth-order valence-corrected chi connectivity index (χ4v) is 2.17. The van der Waals surface area contributed by atoms with Crippen LogP contribution in [0.4, 0.5) is 0 Å². The molecule has 3 heteroatoms. The van der Waals surface area contributed by atoms with Gasteiger partial charge in [-0.05, 0) is 47.7 Å². The van der Waals surface area contributed by atoms with E-state index >= 15 is 0 Å². The second-order valence-corrected chi connectivity index (χ2v) is 4.81. The molecule has 0 saturated heterocycles. The van der Waals surface area contributed by atoms with E-state index in [0.717, 1.165) is 18.8 Å². The van der Waals surface area contributed by atoms with Crippen molar-refractivity contribution in [3.63, 3.8) is 0 Å². The molecule has 0 atom stereocenters. The molecular formula is C16H17N3. The average molecular weight is 251 g/mol. The van der Waals surface area contributed by atoms with E-state index in [1.807, 2.05) is 25.4 Å². The zero-order chi connectivity index (χ0) is 13.1. The lowest BCUT2D eigenvalue weighted by Crippen LogP contribution is -2.12. The van der Waals surface area contributed by atoms with E-state index in [-0.39, 0.29) is 0 Å². The van der Waals surface area contributed by atoms with Crippen molar-refractivity contribution in [2.45, 2.75) is 20.0 Å². The van der Waals surface area contributed by atoms with Crippen LogP contribution in [0.2, 0.25) is 0 Å². The van der Waals surface area contributed by atoms with Crippen molar-refractivity contribution in [1.29, 1.82) is 0 Å². The van der Waals surface area contributed by atoms with Crippen molar-refractivity contribution < 1.29 is 0 Å². The molecule has 0 aliphatic rings. The minimum absolute atomic E-state index is 0.846. The standard InChI is InChI=1S/C16H17N3/c1-12-2-3-14(11-19-12)10-17-9-13-4-5-16-15(8-13)6-7-18-16/h2-8,11,17-18H,9-10H2,1H3. The Labute approximate surface area is 112 Å². The quantitative estimate of drug-likeness (QED) is 0.747. The maximum Gasteiger partial charge on any atom is 0.0454 e. The second kappa shape index (κ2) is 5.24. The number of nitrogens with one attached hydrogen (secondary N) is 2. The number of hydrogen-bond donors (Lipinski definition) is 2. The Morgan fingerprint density at radius 2 is 1.89 bits per heavy atom. The first-order valence-corrected chi connectivity index (χ1v) is 6.49. The summed E-state index contributed by atoms with van der Waals surface area (Å²) < 4.78 is 0. The van der Waals surface area contributed by atoms with E-state index in [4.69, 9.17) is 0 Å². The van der Waals surface area contributed by atoms with Gasteiger partial charge in [-0.15, -0.1) is 0 Å². The molecule has 0 bridgehead atoms. The summed E-state index contributed by atoms with van der Waals surface area (Å²) in [6, 6.07) is 12.8. The molecule has 0 unspecified atom stereocenters. The van der Waals surface area contributed by atoms with Gasteiger partial charge in [-0.1, -0.05) is 12.1 Å². The average Bonchev–Trinajstić information content (AvgIpc) is 2.88. The summed E-state index contributed by atoms with van der Waals surface area (Å²) in [6.45, 7) is 3.72. The van der Waals surface area contributed by atoms with Crippen molar-refractivity contribution >= 4 is 10.9 Å². The van der Waals surface area contributed by atoms with Gasteiger partial charge in [0, 0.05) is 36.7 Å². The summed E-state index contributed by atoms with van der Waals surface area (Å²) in [6.07, 6.45) is 3.90. The lowest BCUT2D eigenvalue weighted by Gasteiger charge is -2.05. The first-order valence-electron chi connectivity index (χ1n) is 6.49. The Bertz CT molecular complexity index is 668. The number of H-pyrrole nitrogens is 1. The van der Waals surface area contributed by atoms with Crippen molar-refractivity contribution in [3.8, 4) is 0 Å². The lowest BCUT2D eigenvalue weighted by atomic mass is 10.1. The molecule has 0 spiro atoms. The van der Waals surface area contributed by atoms with Gasteiger partial charge in [0.2, 0.25) is 0 Å². The number of benzene rings is 1. The van der Waals surface area contributed by atoms with Crippen LogP contribution in [0.25, 0.3) is 10.9 Å². The fraction of sp³-hybridized carbons (Fsp3) is 0.188. The summed E-state index contributed by atoms with van der Waals surface area (Å²) in [5.41, 5.74) is 4.76. The number of hydrogen-bond acceptors (Lipinski definition) is 2. The first kappa shape index (κ1) is 11.9. The molecule has 2 N–H and O–H groups in total. The highest BCUT2D eigenvalue weighted by atomic mass is 14.9. The number of fused-ring (bicyclic) bond motifs is 1. The largest absolute Gasteiger partial charge is 0.361 e. The molecule has 0 fully saturated rings. The van der Waals surface area contributed by atoms with Crippen LogP contribution in [0.5, 0.6) is 0 Å². The molecule has 0 aliphatic heterocycles. The van der Waals surface area contributed by atoms with Crippen LogP contribution in [-0.4, -0.2) is 9.97 Å². The van der Waals surface area contributed by atoms with E-state index in [2.05, 4.69) is 45.6 Å². The number of nitrogens with zero attached hydrogens (tertiary/aromatic N) is 1. The van der Waals surface area contributed by atoms with Crippen LogP contribution in [0.15, 0.2) is 48.8 Å². The van der Waals surface area contributed by atoms with Crippen LogP contribution in [0, 0.1) is 6.92 Å². The SMILES string of the molecule is Cc1ccc(CNCc2ccc3[nH]ccc3c2)cn1. The minimum atomic E-state index is 0.846. The van der Waals surface area contributed by atoms with Crippen molar-refractivity contribution in [1.82, 2.24) is 15.3 Å². The van der Waals surface area contributed by atoms with Gasteiger partial charge in [0.25, 0.3) is 0 Å². The van der Waals surface area contributed by atoms with Gasteiger partial charge in [-0.3, -0.25) is 4.98 Å². The lowest BCUT2D eigenvalue weighted by molar-refractivity contribution is 0.691. The smallest absolute Gasteiger partial charge is 0.0454 e. The Balaban J connectivity index is 1.61. The first-order chi connectivity index (χ1) is 9.31. The molecule has 2 heterocycles. The Morgan fingerprint density at radius 3 is 2.74 bits per heavy atom. The molecule has 3 nitrogen and oxygen atoms in total. The summed E-state index contributed by atoms with van der Waals surface area (Å²) >= 11 is 0. The summed E-state index contributed by atoms with van der Waals surface area (Å²) in [5, 5.41) is 4.70. The van der Waals surface area contributed by atoms with Crippen molar-refractivity contribution in [2.75, 3.05) is 0 Å². The number of rotatable bonds is 4. The third-order valence-electron chi connectivity index (χ3n) is 3.25. The predicted molar refractivity (Wildman–Crippen MR) is 77.8 cm³/mol. The second-order valence-electron chi connectivity index (χ2n) is 4.81. The number of aromatic nitrogens is 2. The van der Waals surface area contributed by atoms with Gasteiger partial charge in [0.15, 0.2) is 0 Å². The van der Waals surface area contributed by atoms with Crippen molar-refractivity contribution in [2.24, 2.45) is 0 Å². The third kappa shape index (κ3) is 2.83. The predicted octanol–water partition coefficient (Wildman–Crippen LogP) is 3.16. The number of aromatic amines is 1. The van der Waals surface area contributed by atoms with Gasteiger partial charge >= 0.3 is 0 Å². The maximum absolute atomic E-state index is 4.29. The normalized spacial score (nSPS) is 11.0. The highest BCUT2D eigenvalue weighted by Gasteiger charge is 1.98. The molecule has 1 aromatic carbocycles. The molecular weight excluding hydrogens is 234 g/mol. The monoisotopic (exact) mass is 251 g/mol. The molecule has 3 aromatic rings. The van der Waals surface area contributed by atoms with E-state index in [1.165, 1.54) is 22.0 Å². The maximum atomic E-state index is 4.29. The minimum Gasteiger partial charge on any atom is -0.361 e. The van der Waals surface area contributed by atoms with Crippen LogP contribution in [-0.2, 0) is 13.1 Å². The Kier molecular flexibility index (Phi) is 3.29. The molecule has 3 rings (SSSR count). The fourth-order valence-electron chi connectivity index (χ4n) is 2.17. The van der Waals surface area contributed by atoms with Crippen LogP contribution in [0.3, 0.4) is 0 Å². The van der Waals surface area contributed by atoms with Crippen LogP contribution < -0.4 is 5.32 Å². The number of pyridine rings is 1. The summed E-state index contributed by atoms with van der Waals surface area (Å²) in [7, 11) is 0. The van der Waals surface area contributed by atoms with Gasteiger partial charge in [0.1, 0.15) is 0 Å².